The van der Waals surface area contributed by atoms with Crippen LogP contribution in [-0.4, -0.2) is 42.1 Å². The largest absolute Gasteiger partial charge is 0.395 e. The van der Waals surface area contributed by atoms with Gasteiger partial charge in [0.2, 0.25) is 0 Å². The van der Waals surface area contributed by atoms with Crippen LogP contribution in [0.1, 0.15) is 19.4 Å². The predicted molar refractivity (Wildman–Crippen MR) is 75.8 cm³/mol. The third-order valence-electron chi connectivity index (χ3n) is 3.14. The lowest BCUT2D eigenvalue weighted by Gasteiger charge is -2.22. The number of hydrogen-bond donors (Lipinski definition) is 3. The lowest BCUT2D eigenvalue weighted by atomic mass is 10.1. The fourth-order valence-corrected chi connectivity index (χ4v) is 1.78. The molecular weight excluding hydrogens is 261 g/mol. The van der Waals surface area contributed by atoms with Crippen molar-refractivity contribution in [3.8, 4) is 0 Å². The van der Waals surface area contributed by atoms with Crippen LogP contribution in [0.5, 0.6) is 0 Å². The number of halogens is 1. The highest BCUT2D eigenvalue weighted by atomic mass is 19.1. The van der Waals surface area contributed by atoms with Crippen LogP contribution in [-0.2, 0) is 11.3 Å². The Bertz CT molecular complexity index is 387. The van der Waals surface area contributed by atoms with Gasteiger partial charge in [0.05, 0.1) is 25.9 Å². The Hall–Kier alpha value is -1.01. The fraction of sp³-hybridized carbons (Fsp3) is 0.600. The van der Waals surface area contributed by atoms with Gasteiger partial charge in [0, 0.05) is 18.2 Å². The molecule has 0 aliphatic rings. The van der Waals surface area contributed by atoms with Crippen LogP contribution < -0.4 is 5.32 Å². The van der Waals surface area contributed by atoms with E-state index < -0.39 is 6.10 Å². The van der Waals surface area contributed by atoms with Crippen molar-refractivity contribution >= 4 is 0 Å². The lowest BCUT2D eigenvalue weighted by Crippen LogP contribution is -2.42. The van der Waals surface area contributed by atoms with Crippen molar-refractivity contribution in [1.29, 1.82) is 0 Å². The SMILES string of the molecule is CC(C)C(CO)NCC(O)COCc1ccccc1F. The molecule has 2 unspecified atom stereocenters. The van der Waals surface area contributed by atoms with Crippen molar-refractivity contribution in [2.75, 3.05) is 19.8 Å². The average Bonchev–Trinajstić information content (AvgIpc) is 2.41. The van der Waals surface area contributed by atoms with Gasteiger partial charge in [-0.2, -0.15) is 0 Å². The van der Waals surface area contributed by atoms with Crippen LogP contribution in [0, 0.1) is 11.7 Å². The summed E-state index contributed by atoms with van der Waals surface area (Å²) in [5.74, 6) is -0.0215. The van der Waals surface area contributed by atoms with Gasteiger partial charge in [0.25, 0.3) is 0 Å². The monoisotopic (exact) mass is 285 g/mol. The summed E-state index contributed by atoms with van der Waals surface area (Å²) in [4.78, 5) is 0. The van der Waals surface area contributed by atoms with Crippen molar-refractivity contribution in [2.24, 2.45) is 5.92 Å². The van der Waals surface area contributed by atoms with Crippen molar-refractivity contribution in [3.63, 3.8) is 0 Å². The molecule has 0 fully saturated rings. The number of aliphatic hydroxyl groups is 2. The van der Waals surface area contributed by atoms with E-state index in [1.54, 1.807) is 18.2 Å². The summed E-state index contributed by atoms with van der Waals surface area (Å²) in [6.07, 6.45) is -0.686. The summed E-state index contributed by atoms with van der Waals surface area (Å²) in [7, 11) is 0. The third kappa shape index (κ3) is 5.96. The predicted octanol–water partition coefficient (Wildman–Crippen LogP) is 1.31. The number of hydrogen-bond acceptors (Lipinski definition) is 4. The van der Waals surface area contributed by atoms with Crippen molar-refractivity contribution in [2.45, 2.75) is 32.6 Å². The average molecular weight is 285 g/mol. The van der Waals surface area contributed by atoms with E-state index >= 15 is 0 Å². The zero-order chi connectivity index (χ0) is 15.0. The fourth-order valence-electron chi connectivity index (χ4n) is 1.78. The minimum Gasteiger partial charge on any atom is -0.395 e. The molecule has 0 aromatic heterocycles. The maximum Gasteiger partial charge on any atom is 0.128 e. The smallest absolute Gasteiger partial charge is 0.128 e. The molecule has 114 valence electrons. The molecule has 0 heterocycles. The molecule has 0 aliphatic carbocycles. The Balaban J connectivity index is 2.23. The first-order valence-electron chi connectivity index (χ1n) is 6.88. The van der Waals surface area contributed by atoms with E-state index in [1.807, 2.05) is 13.8 Å². The molecule has 2 atom stereocenters. The van der Waals surface area contributed by atoms with Gasteiger partial charge < -0.3 is 20.3 Å². The number of rotatable bonds is 9. The second kappa shape index (κ2) is 9.02. The van der Waals surface area contributed by atoms with Gasteiger partial charge in [0.1, 0.15) is 5.82 Å². The highest BCUT2D eigenvalue weighted by Crippen LogP contribution is 2.07. The molecule has 3 N–H and O–H groups in total. The molecule has 1 aromatic carbocycles. The molecule has 20 heavy (non-hydrogen) atoms. The van der Waals surface area contributed by atoms with Crippen LogP contribution >= 0.6 is 0 Å². The lowest BCUT2D eigenvalue weighted by molar-refractivity contribution is 0.0246. The van der Waals surface area contributed by atoms with Crippen LogP contribution in [0.3, 0.4) is 0 Å². The Morgan fingerprint density at radius 2 is 2.00 bits per heavy atom. The molecule has 0 aliphatic heterocycles. The maximum absolute atomic E-state index is 13.3. The Morgan fingerprint density at radius 3 is 2.60 bits per heavy atom. The molecule has 4 nitrogen and oxygen atoms in total. The van der Waals surface area contributed by atoms with Crippen LogP contribution in [0.25, 0.3) is 0 Å². The summed E-state index contributed by atoms with van der Waals surface area (Å²) in [6, 6.07) is 6.36. The van der Waals surface area contributed by atoms with Crippen LogP contribution in [0.2, 0.25) is 0 Å². The van der Waals surface area contributed by atoms with E-state index in [1.165, 1.54) is 6.07 Å². The Labute approximate surface area is 119 Å². The molecule has 1 aromatic rings. The molecular formula is C15H24FNO3. The zero-order valence-corrected chi connectivity index (χ0v) is 12.1. The van der Waals surface area contributed by atoms with Crippen LogP contribution in [0.4, 0.5) is 4.39 Å². The van der Waals surface area contributed by atoms with E-state index in [2.05, 4.69) is 5.32 Å². The van der Waals surface area contributed by atoms with Crippen LogP contribution in [0.15, 0.2) is 24.3 Å². The molecule has 0 amide bonds. The molecule has 0 saturated heterocycles. The third-order valence-corrected chi connectivity index (χ3v) is 3.14. The molecule has 0 saturated carbocycles. The number of benzene rings is 1. The standard InChI is InChI=1S/C15H24FNO3/c1-11(2)15(8-18)17-7-13(19)10-20-9-12-5-3-4-6-14(12)16/h3-6,11,13,15,17-19H,7-10H2,1-2H3. The topological polar surface area (TPSA) is 61.7 Å². The molecule has 0 spiro atoms. The summed E-state index contributed by atoms with van der Waals surface area (Å²) < 4.78 is 18.6. The van der Waals surface area contributed by atoms with Crippen molar-refractivity contribution < 1.29 is 19.3 Å². The van der Waals surface area contributed by atoms with Crippen molar-refractivity contribution in [1.82, 2.24) is 5.32 Å². The van der Waals surface area contributed by atoms with Gasteiger partial charge >= 0.3 is 0 Å². The van der Waals surface area contributed by atoms with E-state index in [0.29, 0.717) is 12.1 Å². The summed E-state index contributed by atoms with van der Waals surface area (Å²) in [5, 5.41) is 22.0. The Kier molecular flexibility index (Phi) is 7.69. The minimum atomic E-state index is -0.686. The quantitative estimate of drug-likeness (QED) is 0.640. The minimum absolute atomic E-state index is 0.0282. The summed E-state index contributed by atoms with van der Waals surface area (Å²) in [5.41, 5.74) is 0.475. The first-order valence-corrected chi connectivity index (χ1v) is 6.88. The number of aliphatic hydroxyl groups excluding tert-OH is 2. The van der Waals surface area contributed by atoms with Gasteiger partial charge in [-0.1, -0.05) is 32.0 Å². The normalized spacial score (nSPS) is 14.5. The highest BCUT2D eigenvalue weighted by molar-refractivity contribution is 5.16. The van der Waals surface area contributed by atoms with Gasteiger partial charge in [-0.3, -0.25) is 0 Å². The maximum atomic E-state index is 13.3. The first kappa shape index (κ1) is 17.0. The van der Waals surface area contributed by atoms with Gasteiger partial charge in [-0.25, -0.2) is 4.39 Å². The highest BCUT2D eigenvalue weighted by Gasteiger charge is 2.13. The van der Waals surface area contributed by atoms with E-state index in [0.717, 1.165) is 0 Å². The molecule has 5 heteroatoms. The number of ether oxygens (including phenoxy) is 1. The van der Waals surface area contributed by atoms with Gasteiger partial charge in [-0.05, 0) is 12.0 Å². The molecule has 0 radical (unpaired) electrons. The summed E-state index contributed by atoms with van der Waals surface area (Å²) in [6.45, 7) is 4.61. The second-order valence-electron chi connectivity index (χ2n) is 5.20. The van der Waals surface area contributed by atoms with Gasteiger partial charge in [-0.15, -0.1) is 0 Å². The van der Waals surface area contributed by atoms with Crippen molar-refractivity contribution in [3.05, 3.63) is 35.6 Å². The Morgan fingerprint density at radius 1 is 1.30 bits per heavy atom. The van der Waals surface area contributed by atoms with E-state index in [4.69, 9.17) is 9.84 Å². The van der Waals surface area contributed by atoms with E-state index in [9.17, 15) is 9.50 Å². The van der Waals surface area contributed by atoms with Gasteiger partial charge in [0.15, 0.2) is 0 Å². The molecule has 0 bridgehead atoms. The first-order chi connectivity index (χ1) is 9.54. The zero-order valence-electron chi connectivity index (χ0n) is 12.1. The molecule has 1 rings (SSSR count). The number of nitrogens with one attached hydrogen (secondary N) is 1. The summed E-state index contributed by atoms with van der Waals surface area (Å²) >= 11 is 0. The second-order valence-corrected chi connectivity index (χ2v) is 5.20. The van der Waals surface area contributed by atoms with E-state index in [-0.39, 0.29) is 37.6 Å².